The van der Waals surface area contributed by atoms with Gasteiger partial charge in [0.05, 0.1) is 7.11 Å². The number of aromatic nitrogens is 2. The first-order valence-corrected chi connectivity index (χ1v) is 6.08. The van der Waals surface area contributed by atoms with Crippen molar-refractivity contribution in [2.45, 2.75) is 0 Å². The molecule has 1 saturated heterocycles. The quantitative estimate of drug-likeness (QED) is 0.629. The van der Waals surface area contributed by atoms with Crippen LogP contribution in [0.5, 0.6) is 5.75 Å². The second-order valence-corrected chi connectivity index (χ2v) is 4.48. The van der Waals surface area contributed by atoms with Crippen molar-refractivity contribution in [2.75, 3.05) is 25.1 Å². The Morgan fingerprint density at radius 3 is 2.50 bits per heavy atom. The lowest BCUT2D eigenvalue weighted by atomic mass is 10.2. The largest absolute Gasteiger partial charge is 0.497 e. The molecule has 0 amide bonds. The fraction of sp³-hybridized carbons (Fsp3) is 0.231. The zero-order chi connectivity index (χ0) is 12.5. The van der Waals surface area contributed by atoms with Gasteiger partial charge in [-0.25, -0.2) is 9.97 Å². The van der Waals surface area contributed by atoms with Crippen molar-refractivity contribution in [3.8, 4) is 17.1 Å². The van der Waals surface area contributed by atoms with Gasteiger partial charge in [-0.2, -0.15) is 0 Å². The first-order chi connectivity index (χ1) is 8.76. The molecule has 0 bridgehead atoms. The van der Waals surface area contributed by atoms with E-state index in [0.717, 1.165) is 30.2 Å². The Morgan fingerprint density at radius 1 is 1.17 bits per heavy atom. The van der Waals surface area contributed by atoms with Gasteiger partial charge < -0.3 is 9.64 Å². The van der Waals surface area contributed by atoms with Crippen LogP contribution in [0, 0.1) is 0 Å². The Balaban J connectivity index is 1.98. The fourth-order valence-corrected chi connectivity index (χ4v) is 1.89. The maximum Gasteiger partial charge on any atom is 0.163 e. The molecule has 5 heteroatoms. The first kappa shape index (κ1) is 11.3. The molecule has 1 fully saturated rings. The number of halogens is 1. The number of benzene rings is 1. The van der Waals surface area contributed by atoms with Crippen LogP contribution in [0.2, 0.25) is 5.15 Å². The second-order valence-electron chi connectivity index (χ2n) is 4.09. The molecule has 0 N–H and O–H groups in total. The molecule has 3 rings (SSSR count). The summed E-state index contributed by atoms with van der Waals surface area (Å²) in [6.45, 7) is 2.07. The van der Waals surface area contributed by atoms with Crippen LogP contribution in [-0.2, 0) is 0 Å². The van der Waals surface area contributed by atoms with E-state index in [2.05, 4.69) is 14.9 Å². The zero-order valence-corrected chi connectivity index (χ0v) is 10.7. The molecule has 2 aromatic rings. The number of hydrogen-bond donors (Lipinski definition) is 0. The molecule has 1 aliphatic rings. The van der Waals surface area contributed by atoms with Gasteiger partial charge in [-0.1, -0.05) is 11.6 Å². The third kappa shape index (κ3) is 2.24. The number of ether oxygens (including phenoxy) is 1. The summed E-state index contributed by atoms with van der Waals surface area (Å²) in [5.74, 6) is 2.35. The third-order valence-corrected chi connectivity index (χ3v) is 2.99. The van der Waals surface area contributed by atoms with Gasteiger partial charge in [-0.3, -0.25) is 0 Å². The van der Waals surface area contributed by atoms with Crippen molar-refractivity contribution in [1.82, 2.24) is 9.97 Å². The highest BCUT2D eigenvalue weighted by Gasteiger charge is 2.20. The highest BCUT2D eigenvalue weighted by atomic mass is 35.5. The molecule has 0 aliphatic carbocycles. The highest BCUT2D eigenvalue weighted by Crippen LogP contribution is 2.26. The van der Waals surface area contributed by atoms with Crippen LogP contribution in [0.25, 0.3) is 11.4 Å². The van der Waals surface area contributed by atoms with Crippen molar-refractivity contribution in [3.05, 3.63) is 35.5 Å². The van der Waals surface area contributed by atoms with E-state index in [9.17, 15) is 0 Å². The van der Waals surface area contributed by atoms with Gasteiger partial charge in [-0.05, 0) is 24.3 Å². The van der Waals surface area contributed by atoms with E-state index in [0.29, 0.717) is 11.0 Å². The average molecular weight is 262 g/mol. The van der Waals surface area contributed by atoms with Crippen LogP contribution >= 0.6 is 11.6 Å². The smallest absolute Gasteiger partial charge is 0.163 e. The normalized spacial score (nSPS) is 13.6. The molecule has 0 unspecified atom stereocenters. The van der Waals surface area contributed by atoms with Crippen molar-refractivity contribution in [3.63, 3.8) is 0 Å². The summed E-state index contributed by atoms with van der Waals surface area (Å²) in [6.07, 6.45) is 0. The summed E-state index contributed by atoms with van der Waals surface area (Å²) in [5.41, 5.74) is 0.932. The molecule has 2 heterocycles. The van der Waals surface area contributed by atoms with Gasteiger partial charge in [0.25, 0.3) is 0 Å². The first-order valence-electron chi connectivity index (χ1n) is 5.70. The molecular formula is C13H12ClN3O. The Labute approximate surface area is 110 Å². The summed E-state index contributed by atoms with van der Waals surface area (Å²) in [6, 6.07) is 9.42. The van der Waals surface area contributed by atoms with Crippen LogP contribution in [-0.4, -0.2) is 30.2 Å². The number of anilines is 1. The van der Waals surface area contributed by atoms with Crippen LogP contribution in [0.1, 0.15) is 0 Å². The van der Waals surface area contributed by atoms with Gasteiger partial charge in [0, 0.05) is 24.7 Å². The van der Waals surface area contributed by atoms with Gasteiger partial charge in [0.1, 0.15) is 16.7 Å². The molecule has 92 valence electrons. The maximum atomic E-state index is 6.03. The van der Waals surface area contributed by atoms with Crippen LogP contribution in [0.4, 0.5) is 5.82 Å². The summed E-state index contributed by atoms with van der Waals surface area (Å²) in [5, 5.41) is 0.470. The summed E-state index contributed by atoms with van der Waals surface area (Å²) >= 11 is 6.03. The van der Waals surface area contributed by atoms with Gasteiger partial charge in [0.2, 0.25) is 0 Å². The van der Waals surface area contributed by atoms with Crippen molar-refractivity contribution >= 4 is 17.4 Å². The number of rotatable bonds is 3. The summed E-state index contributed by atoms with van der Waals surface area (Å²) < 4.78 is 5.13. The topological polar surface area (TPSA) is 38.0 Å². The maximum absolute atomic E-state index is 6.03. The van der Waals surface area contributed by atoms with E-state index in [1.807, 2.05) is 24.3 Å². The number of methoxy groups -OCH3 is 1. The minimum Gasteiger partial charge on any atom is -0.497 e. The summed E-state index contributed by atoms with van der Waals surface area (Å²) in [7, 11) is 1.64. The van der Waals surface area contributed by atoms with E-state index < -0.39 is 0 Å². The second kappa shape index (κ2) is 4.46. The fourth-order valence-electron chi connectivity index (χ4n) is 1.72. The lowest BCUT2D eigenvalue weighted by molar-refractivity contribution is 0.415. The molecule has 1 aromatic carbocycles. The molecule has 1 aromatic heterocycles. The van der Waals surface area contributed by atoms with E-state index >= 15 is 0 Å². The van der Waals surface area contributed by atoms with E-state index in [4.69, 9.17) is 16.3 Å². The van der Waals surface area contributed by atoms with Crippen molar-refractivity contribution in [1.29, 1.82) is 0 Å². The van der Waals surface area contributed by atoms with Gasteiger partial charge in [-0.15, -0.1) is 0 Å². The Bertz CT molecular complexity index is 567. The monoisotopic (exact) mass is 261 g/mol. The molecule has 0 radical (unpaired) electrons. The number of hydrogen-bond acceptors (Lipinski definition) is 4. The number of nitrogens with zero attached hydrogens (tertiary/aromatic N) is 3. The highest BCUT2D eigenvalue weighted by molar-refractivity contribution is 6.29. The minimum atomic E-state index is 0.470. The van der Waals surface area contributed by atoms with Crippen LogP contribution < -0.4 is 9.64 Å². The molecular weight excluding hydrogens is 250 g/mol. The predicted octanol–water partition coefficient (Wildman–Crippen LogP) is 2.63. The van der Waals surface area contributed by atoms with E-state index in [1.165, 1.54) is 0 Å². The summed E-state index contributed by atoms with van der Waals surface area (Å²) in [4.78, 5) is 10.9. The predicted molar refractivity (Wildman–Crippen MR) is 71.2 cm³/mol. The standard InChI is InChI=1S/C13H12ClN3O/c1-18-10-4-2-9(3-5-10)13-15-11(14)8-12(16-13)17-6-7-17/h2-5,8H,6-7H2,1H3. The Hall–Kier alpha value is -1.81. The van der Waals surface area contributed by atoms with Crippen LogP contribution in [0.3, 0.4) is 0 Å². The van der Waals surface area contributed by atoms with Crippen molar-refractivity contribution < 1.29 is 4.74 Å². The SMILES string of the molecule is COc1ccc(-c2nc(Cl)cc(N3CC3)n2)cc1. The molecule has 0 saturated carbocycles. The molecule has 1 aliphatic heterocycles. The lowest BCUT2D eigenvalue weighted by Crippen LogP contribution is -1.98. The molecule has 4 nitrogen and oxygen atoms in total. The minimum absolute atomic E-state index is 0.470. The zero-order valence-electron chi connectivity index (χ0n) is 9.93. The average Bonchev–Trinajstić information content (AvgIpc) is 3.22. The Morgan fingerprint density at radius 2 is 1.89 bits per heavy atom. The Kier molecular flexibility index (Phi) is 2.80. The van der Waals surface area contributed by atoms with E-state index in [-0.39, 0.29) is 0 Å². The van der Waals surface area contributed by atoms with Crippen molar-refractivity contribution in [2.24, 2.45) is 0 Å². The lowest BCUT2D eigenvalue weighted by Gasteiger charge is -2.06. The van der Waals surface area contributed by atoms with Gasteiger partial charge in [0.15, 0.2) is 5.82 Å². The molecule has 0 spiro atoms. The van der Waals surface area contributed by atoms with Gasteiger partial charge >= 0.3 is 0 Å². The molecule has 0 atom stereocenters. The third-order valence-electron chi connectivity index (χ3n) is 2.80. The van der Waals surface area contributed by atoms with Crippen LogP contribution in [0.15, 0.2) is 30.3 Å². The van der Waals surface area contributed by atoms with E-state index in [1.54, 1.807) is 13.2 Å². The molecule has 18 heavy (non-hydrogen) atoms.